The smallest absolute Gasteiger partial charge is 0.260 e. The zero-order valence-corrected chi connectivity index (χ0v) is 17.9. The molecule has 3 aromatic rings. The molecule has 0 saturated carbocycles. The lowest BCUT2D eigenvalue weighted by atomic mass is 9.73. The molecule has 5 rings (SSSR count). The van der Waals surface area contributed by atoms with Crippen molar-refractivity contribution in [3.05, 3.63) is 99.5 Å². The molecule has 2 aliphatic heterocycles. The van der Waals surface area contributed by atoms with Crippen LogP contribution in [0.4, 0.5) is 5.69 Å². The fourth-order valence-electron chi connectivity index (χ4n) is 5.29. The number of benzene rings is 2. The summed E-state index contributed by atoms with van der Waals surface area (Å²) in [5.74, 6) is -0.386. The monoisotopic (exact) mass is 427 g/mol. The Morgan fingerprint density at radius 1 is 1.03 bits per heavy atom. The SMILES string of the molecule is Cc1ccc(C(=O)N2CC[C@@]3(C(=O)Nc4ccccc43)[C@@H]2CCc2ccccc2)c(=O)[nH]1. The summed E-state index contributed by atoms with van der Waals surface area (Å²) in [6.07, 6.45) is 1.89. The molecule has 2 atom stereocenters. The molecule has 6 heteroatoms. The fourth-order valence-corrected chi connectivity index (χ4v) is 5.29. The summed E-state index contributed by atoms with van der Waals surface area (Å²) in [6, 6.07) is 20.8. The number of nitrogens with one attached hydrogen (secondary N) is 2. The van der Waals surface area contributed by atoms with Crippen molar-refractivity contribution < 1.29 is 9.59 Å². The number of aromatic amines is 1. The number of nitrogens with zero attached hydrogens (tertiary/aromatic N) is 1. The number of para-hydroxylation sites is 1. The summed E-state index contributed by atoms with van der Waals surface area (Å²) in [4.78, 5) is 43.9. The van der Waals surface area contributed by atoms with Crippen molar-refractivity contribution in [2.45, 2.75) is 37.6 Å². The number of rotatable bonds is 4. The highest BCUT2D eigenvalue weighted by atomic mass is 16.2. The van der Waals surface area contributed by atoms with Gasteiger partial charge in [-0.25, -0.2) is 0 Å². The normalized spacial score (nSPS) is 21.6. The Labute approximate surface area is 186 Å². The van der Waals surface area contributed by atoms with Gasteiger partial charge in [0.25, 0.3) is 11.5 Å². The van der Waals surface area contributed by atoms with Gasteiger partial charge in [-0.15, -0.1) is 0 Å². The third kappa shape index (κ3) is 3.14. The molecule has 1 saturated heterocycles. The van der Waals surface area contributed by atoms with Crippen molar-refractivity contribution in [3.63, 3.8) is 0 Å². The molecule has 3 heterocycles. The number of hydrogen-bond acceptors (Lipinski definition) is 3. The summed E-state index contributed by atoms with van der Waals surface area (Å²) in [5.41, 5.74) is 2.52. The molecule has 1 aromatic heterocycles. The van der Waals surface area contributed by atoms with Crippen LogP contribution in [0.5, 0.6) is 0 Å². The van der Waals surface area contributed by atoms with Crippen LogP contribution in [-0.2, 0) is 16.6 Å². The quantitative estimate of drug-likeness (QED) is 0.669. The second kappa shape index (κ2) is 7.79. The van der Waals surface area contributed by atoms with Gasteiger partial charge in [0, 0.05) is 17.9 Å². The number of aryl methyl sites for hydroxylation is 2. The zero-order valence-electron chi connectivity index (χ0n) is 17.9. The molecule has 32 heavy (non-hydrogen) atoms. The zero-order chi connectivity index (χ0) is 22.3. The van der Waals surface area contributed by atoms with Crippen LogP contribution in [-0.4, -0.2) is 34.3 Å². The third-order valence-electron chi connectivity index (χ3n) is 6.85. The molecule has 0 unspecified atom stereocenters. The molecule has 0 aliphatic carbocycles. The molecule has 0 radical (unpaired) electrons. The summed E-state index contributed by atoms with van der Waals surface area (Å²) in [5, 5.41) is 3.03. The Bertz CT molecular complexity index is 1250. The fraction of sp³-hybridized carbons (Fsp3) is 0.269. The average Bonchev–Trinajstić information content (AvgIpc) is 3.31. The van der Waals surface area contributed by atoms with Gasteiger partial charge in [-0.05, 0) is 55.5 Å². The van der Waals surface area contributed by atoms with E-state index in [2.05, 4.69) is 22.4 Å². The third-order valence-corrected chi connectivity index (χ3v) is 6.85. The minimum absolute atomic E-state index is 0.0649. The summed E-state index contributed by atoms with van der Waals surface area (Å²) < 4.78 is 0. The number of carbonyl (C=O) groups is 2. The van der Waals surface area contributed by atoms with Crippen molar-refractivity contribution in [1.29, 1.82) is 0 Å². The maximum absolute atomic E-state index is 13.5. The molecule has 1 spiro atoms. The van der Waals surface area contributed by atoms with Crippen LogP contribution in [0.25, 0.3) is 0 Å². The van der Waals surface area contributed by atoms with Crippen molar-refractivity contribution in [2.75, 3.05) is 11.9 Å². The van der Waals surface area contributed by atoms with E-state index in [1.54, 1.807) is 24.0 Å². The number of aromatic nitrogens is 1. The van der Waals surface area contributed by atoms with Crippen LogP contribution < -0.4 is 10.9 Å². The number of hydrogen-bond donors (Lipinski definition) is 2. The number of carbonyl (C=O) groups excluding carboxylic acids is 2. The molecule has 2 N–H and O–H groups in total. The molecule has 6 nitrogen and oxygen atoms in total. The van der Waals surface area contributed by atoms with Crippen LogP contribution in [0, 0.1) is 6.92 Å². The van der Waals surface area contributed by atoms with Gasteiger partial charge in [0.2, 0.25) is 5.91 Å². The van der Waals surface area contributed by atoms with Gasteiger partial charge >= 0.3 is 0 Å². The Hall–Kier alpha value is -3.67. The topological polar surface area (TPSA) is 82.3 Å². The van der Waals surface area contributed by atoms with Gasteiger partial charge in [-0.3, -0.25) is 14.4 Å². The minimum Gasteiger partial charge on any atom is -0.334 e. The first-order valence-electron chi connectivity index (χ1n) is 11.0. The summed E-state index contributed by atoms with van der Waals surface area (Å²) >= 11 is 0. The first-order valence-corrected chi connectivity index (χ1v) is 11.0. The van der Waals surface area contributed by atoms with E-state index in [-0.39, 0.29) is 23.4 Å². The maximum atomic E-state index is 13.5. The highest BCUT2D eigenvalue weighted by molar-refractivity contribution is 6.08. The number of pyridine rings is 1. The second-order valence-corrected chi connectivity index (χ2v) is 8.64. The lowest BCUT2D eigenvalue weighted by molar-refractivity contribution is -0.121. The van der Waals surface area contributed by atoms with Gasteiger partial charge in [0.15, 0.2) is 0 Å². The van der Waals surface area contributed by atoms with E-state index in [1.807, 2.05) is 42.5 Å². The van der Waals surface area contributed by atoms with Gasteiger partial charge in [-0.1, -0.05) is 48.5 Å². The van der Waals surface area contributed by atoms with Gasteiger partial charge in [-0.2, -0.15) is 0 Å². The van der Waals surface area contributed by atoms with Crippen LogP contribution >= 0.6 is 0 Å². The number of likely N-dealkylation sites (tertiary alicyclic amines) is 1. The summed E-state index contributed by atoms with van der Waals surface area (Å²) in [7, 11) is 0. The largest absolute Gasteiger partial charge is 0.334 e. The Morgan fingerprint density at radius 2 is 1.78 bits per heavy atom. The van der Waals surface area contributed by atoms with Crippen molar-refractivity contribution in [2.24, 2.45) is 0 Å². The Balaban J connectivity index is 1.56. The Kier molecular flexibility index (Phi) is 4.93. The van der Waals surface area contributed by atoms with Gasteiger partial charge in [0.05, 0.1) is 11.5 Å². The van der Waals surface area contributed by atoms with E-state index in [1.165, 1.54) is 0 Å². The van der Waals surface area contributed by atoms with Crippen LogP contribution in [0.15, 0.2) is 71.5 Å². The highest BCUT2D eigenvalue weighted by Crippen LogP contribution is 2.49. The van der Waals surface area contributed by atoms with E-state index in [4.69, 9.17) is 0 Å². The van der Waals surface area contributed by atoms with E-state index in [9.17, 15) is 14.4 Å². The number of amides is 2. The first kappa shape index (κ1) is 20.2. The molecular weight excluding hydrogens is 402 g/mol. The first-order chi connectivity index (χ1) is 15.5. The molecule has 2 amide bonds. The summed E-state index contributed by atoms with van der Waals surface area (Å²) in [6.45, 7) is 2.20. The number of anilines is 1. The van der Waals surface area contributed by atoms with E-state index in [0.717, 1.165) is 23.2 Å². The number of fused-ring (bicyclic) bond motifs is 2. The molecule has 1 fully saturated rings. The molecule has 2 aliphatic rings. The molecule has 162 valence electrons. The number of H-pyrrole nitrogens is 1. The van der Waals surface area contributed by atoms with E-state index in [0.29, 0.717) is 25.1 Å². The second-order valence-electron chi connectivity index (χ2n) is 8.64. The standard InChI is InChI=1S/C26H25N3O3/c1-17-11-13-19(23(30)27-17)24(31)29-16-15-26(20-9-5-6-10-21(20)28-25(26)32)22(29)14-12-18-7-3-2-4-8-18/h2-11,13,22H,12,14-16H2,1H3,(H,27,30)(H,28,32)/t22-,26-/m0/s1. The Morgan fingerprint density at radius 3 is 2.56 bits per heavy atom. The van der Waals surface area contributed by atoms with Gasteiger partial charge < -0.3 is 15.2 Å². The lowest BCUT2D eigenvalue weighted by Gasteiger charge is -2.34. The predicted octanol–water partition coefficient (Wildman–Crippen LogP) is 3.42. The van der Waals surface area contributed by atoms with E-state index < -0.39 is 11.0 Å². The van der Waals surface area contributed by atoms with Crippen LogP contribution in [0.2, 0.25) is 0 Å². The van der Waals surface area contributed by atoms with Crippen molar-refractivity contribution >= 4 is 17.5 Å². The predicted molar refractivity (Wildman–Crippen MR) is 123 cm³/mol. The molecular formula is C26H25N3O3. The highest BCUT2D eigenvalue weighted by Gasteiger charge is 2.58. The van der Waals surface area contributed by atoms with Gasteiger partial charge in [0.1, 0.15) is 5.56 Å². The molecule has 2 aromatic carbocycles. The maximum Gasteiger partial charge on any atom is 0.260 e. The van der Waals surface area contributed by atoms with Crippen LogP contribution in [0.1, 0.15) is 40.0 Å². The van der Waals surface area contributed by atoms with Crippen LogP contribution in [0.3, 0.4) is 0 Å². The van der Waals surface area contributed by atoms with Crippen molar-refractivity contribution in [1.82, 2.24) is 9.88 Å². The molecule has 0 bridgehead atoms. The van der Waals surface area contributed by atoms with Crippen molar-refractivity contribution in [3.8, 4) is 0 Å². The minimum atomic E-state index is -0.807. The average molecular weight is 428 g/mol. The van der Waals surface area contributed by atoms with E-state index >= 15 is 0 Å². The lowest BCUT2D eigenvalue weighted by Crippen LogP contribution is -2.49.